The third-order valence-corrected chi connectivity index (χ3v) is 1.50. The number of hydrogen-bond donors (Lipinski definition) is 3. The van der Waals surface area contributed by atoms with Gasteiger partial charge < -0.3 is 15.4 Å². The Bertz CT molecular complexity index is 21.5. The van der Waals surface area contributed by atoms with E-state index < -0.39 is 0 Å². The van der Waals surface area contributed by atoms with E-state index in [0.29, 0.717) is 0 Å². The molecule has 0 spiro atoms. The van der Waals surface area contributed by atoms with Crippen molar-refractivity contribution in [2.45, 2.75) is 0 Å². The van der Waals surface area contributed by atoms with Crippen molar-refractivity contribution in [3.05, 3.63) is 0 Å². The second-order valence-corrected chi connectivity index (χ2v) is 2.25. The van der Waals surface area contributed by atoms with Gasteiger partial charge in [0.1, 0.15) is 0 Å². The minimum Gasteiger partial charge on any atom is -0.657 e. The molecule has 1 heterocycles. The van der Waals surface area contributed by atoms with Gasteiger partial charge in [-0.25, -0.2) is 0 Å². The Morgan fingerprint density at radius 3 is 1.17 bits per heavy atom. The van der Waals surface area contributed by atoms with E-state index in [9.17, 15) is 0 Å². The van der Waals surface area contributed by atoms with E-state index in [-0.39, 0.29) is 22.6 Å². The molecule has 0 unspecified atom stereocenters. The fourth-order valence-corrected chi connectivity index (χ4v) is 1.12. The Balaban J connectivity index is 2.00. The highest BCUT2D eigenvalue weighted by atomic mass is 15.0. The Hall–Kier alpha value is 0.0748. The van der Waals surface area contributed by atoms with Crippen molar-refractivity contribution < 1.29 is 0 Å². The normalized spacial score (nSPS) is 24.0. The third-order valence-electron chi connectivity index (χ3n) is 1.50. The van der Waals surface area contributed by atoms with Crippen LogP contribution in [-0.2, 0) is 0 Å². The lowest BCUT2D eigenvalue weighted by atomic mass is 9.85. The van der Waals surface area contributed by atoms with Gasteiger partial charge >= 0.3 is 0 Å². The quantitative estimate of drug-likeness (QED) is 0.260. The Morgan fingerprint density at radius 2 is 1.00 bits per heavy atom. The van der Waals surface area contributed by atoms with Crippen LogP contribution in [0.3, 0.4) is 0 Å². The Morgan fingerprint density at radius 1 is 0.667 bits per heavy atom. The van der Waals surface area contributed by atoms with Crippen LogP contribution in [0.15, 0.2) is 0 Å². The van der Waals surface area contributed by atoms with Crippen molar-refractivity contribution in [1.82, 2.24) is 15.4 Å². The maximum absolute atomic E-state index is 3.34. The monoisotopic (exact) mass is 84.1 g/mol. The minimum absolute atomic E-state index is 0.156. The zero-order valence-electron chi connectivity index (χ0n) is 4.50. The van der Waals surface area contributed by atoms with Gasteiger partial charge in [-0.05, 0) is 0 Å². The molecular weight excluding hydrogens is 74.5 g/mol. The molecule has 0 atom stereocenters. The summed E-state index contributed by atoms with van der Waals surface area (Å²) in [6.45, 7) is 0. The summed E-state index contributed by atoms with van der Waals surface area (Å²) in [6.07, 6.45) is 0. The second-order valence-electron chi connectivity index (χ2n) is 2.25. The van der Waals surface area contributed by atoms with Crippen molar-refractivity contribution >= 4 is 22.6 Å². The molecule has 0 bridgehead atoms. The van der Waals surface area contributed by atoms with Crippen molar-refractivity contribution in [1.29, 1.82) is 0 Å². The van der Waals surface area contributed by atoms with E-state index in [1.165, 1.54) is 0 Å². The standard InChI is InChI=1S/B3H9N3/c1-4-2-6-3-5-1/h4-6H,1-3H2/q-3. The fourth-order valence-electron chi connectivity index (χ4n) is 1.12. The van der Waals surface area contributed by atoms with Crippen molar-refractivity contribution in [2.75, 3.05) is 0 Å². The topological polar surface area (TPSA) is 36.1 Å². The summed E-state index contributed by atoms with van der Waals surface area (Å²) in [5.74, 6) is 0. The molecular formula is H9B3N3-3. The molecule has 0 radical (unpaired) electrons. The van der Waals surface area contributed by atoms with E-state index in [1.54, 1.807) is 0 Å². The molecule has 3 N–H and O–H groups in total. The first-order valence-corrected chi connectivity index (χ1v) is 3.00. The molecule has 6 heteroatoms. The van der Waals surface area contributed by atoms with Crippen LogP contribution in [-0.4, -0.2) is 22.6 Å². The number of rotatable bonds is 0. The second kappa shape index (κ2) is 2.28. The molecule has 0 aromatic carbocycles. The van der Waals surface area contributed by atoms with Gasteiger partial charge in [0.25, 0.3) is 0 Å². The van der Waals surface area contributed by atoms with Crippen LogP contribution in [0.2, 0.25) is 0 Å². The van der Waals surface area contributed by atoms with Crippen molar-refractivity contribution in [2.24, 2.45) is 0 Å². The van der Waals surface area contributed by atoms with Gasteiger partial charge in [-0.15, -0.1) is 0 Å². The summed E-state index contributed by atoms with van der Waals surface area (Å²) in [6, 6.07) is 0. The van der Waals surface area contributed by atoms with Gasteiger partial charge in [0.2, 0.25) is 0 Å². The van der Waals surface area contributed by atoms with Gasteiger partial charge in [0.05, 0.1) is 0 Å². The average Bonchev–Trinajstić information content (AvgIpc) is 1.72. The van der Waals surface area contributed by atoms with Gasteiger partial charge in [0, 0.05) is 22.6 Å². The summed E-state index contributed by atoms with van der Waals surface area (Å²) in [5.41, 5.74) is 0. The SMILES string of the molecule is [BH2-]1N[BH2-]N[BH2-]N1. The largest absolute Gasteiger partial charge is 0.657 e. The molecule has 0 amide bonds. The Labute approximate surface area is 39.1 Å². The summed E-state index contributed by atoms with van der Waals surface area (Å²) >= 11 is 0. The van der Waals surface area contributed by atoms with Crippen LogP contribution in [0.4, 0.5) is 0 Å². The fraction of sp³-hybridized carbons (Fsp3) is 0. The first-order valence-electron chi connectivity index (χ1n) is 3.00. The lowest BCUT2D eigenvalue weighted by Gasteiger charge is -2.35. The molecule has 6 heavy (non-hydrogen) atoms. The van der Waals surface area contributed by atoms with E-state index >= 15 is 0 Å². The minimum atomic E-state index is 0.156. The molecule has 36 valence electrons. The van der Waals surface area contributed by atoms with Crippen LogP contribution in [0.1, 0.15) is 0 Å². The molecule has 1 fully saturated rings. The predicted molar refractivity (Wildman–Crippen MR) is 35.0 cm³/mol. The van der Waals surface area contributed by atoms with Gasteiger partial charge in [-0.1, -0.05) is 0 Å². The Kier molecular flexibility index (Phi) is 1.61. The van der Waals surface area contributed by atoms with E-state index in [1.807, 2.05) is 0 Å². The number of hydrogen-bond acceptors (Lipinski definition) is 3. The predicted octanol–water partition coefficient (Wildman–Crippen LogP) is -4.23. The highest BCUT2D eigenvalue weighted by molar-refractivity contribution is 6.65. The number of nitrogens with one attached hydrogen (secondary N) is 3. The molecule has 1 rings (SSSR count). The first-order chi connectivity index (χ1) is 3.00. The highest BCUT2D eigenvalue weighted by Crippen LogP contribution is 1.46. The first kappa shape index (κ1) is 4.24. The summed E-state index contributed by atoms with van der Waals surface area (Å²) in [4.78, 5) is 0. The van der Waals surface area contributed by atoms with Gasteiger partial charge in [0.15, 0.2) is 0 Å². The van der Waals surface area contributed by atoms with Gasteiger partial charge in [-0.3, -0.25) is 0 Å². The smallest absolute Gasteiger partial charge is 0.0206 e. The van der Waals surface area contributed by atoms with Crippen LogP contribution in [0, 0.1) is 0 Å². The van der Waals surface area contributed by atoms with Crippen LogP contribution in [0.5, 0.6) is 0 Å². The van der Waals surface area contributed by atoms with Crippen molar-refractivity contribution in [3.63, 3.8) is 0 Å². The lowest BCUT2D eigenvalue weighted by Crippen LogP contribution is -2.55. The highest BCUT2D eigenvalue weighted by Gasteiger charge is 1.71. The van der Waals surface area contributed by atoms with Crippen molar-refractivity contribution in [3.8, 4) is 0 Å². The summed E-state index contributed by atoms with van der Waals surface area (Å²) in [5, 5.41) is 10.0. The lowest BCUT2D eigenvalue weighted by molar-refractivity contribution is 1.28. The van der Waals surface area contributed by atoms with Crippen LogP contribution >= 0.6 is 0 Å². The third kappa shape index (κ3) is 1.04. The molecule has 3 nitrogen and oxygen atoms in total. The van der Waals surface area contributed by atoms with E-state index in [0.717, 1.165) is 0 Å². The average molecular weight is 83.5 g/mol. The van der Waals surface area contributed by atoms with Crippen LogP contribution in [0.25, 0.3) is 0 Å². The zero-order valence-corrected chi connectivity index (χ0v) is 4.50. The van der Waals surface area contributed by atoms with Crippen LogP contribution < -0.4 is 15.4 Å². The molecule has 1 saturated heterocycles. The zero-order chi connectivity index (χ0) is 4.24. The summed E-state index contributed by atoms with van der Waals surface area (Å²) < 4.78 is 0. The van der Waals surface area contributed by atoms with Gasteiger partial charge in [-0.2, -0.15) is 0 Å². The molecule has 1 aliphatic heterocycles. The summed E-state index contributed by atoms with van der Waals surface area (Å²) in [7, 11) is 0.469. The van der Waals surface area contributed by atoms with E-state index in [4.69, 9.17) is 0 Å². The molecule has 0 saturated carbocycles. The molecule has 1 aliphatic rings. The maximum atomic E-state index is 3.34. The molecule has 0 aromatic rings. The molecule has 0 aliphatic carbocycles. The maximum Gasteiger partial charge on any atom is 0.0206 e. The molecule has 0 aromatic heterocycles. The van der Waals surface area contributed by atoms with E-state index in [2.05, 4.69) is 15.4 Å².